The third kappa shape index (κ3) is 4.38. The lowest BCUT2D eigenvalue weighted by atomic mass is 10.3. The topological polar surface area (TPSA) is 21.6 Å². The van der Waals surface area contributed by atoms with Crippen LogP contribution in [0.15, 0.2) is 29.3 Å². The molecule has 0 heterocycles. The Morgan fingerprint density at radius 1 is 1.50 bits per heavy atom. The number of halogens is 1. The first-order chi connectivity index (χ1) is 6.83. The van der Waals surface area contributed by atoms with Gasteiger partial charge in [0.05, 0.1) is 18.3 Å². The van der Waals surface area contributed by atoms with Gasteiger partial charge >= 0.3 is 0 Å². The zero-order chi connectivity index (χ0) is 10.2. The molecule has 0 N–H and O–H groups in total. The fourth-order valence-electron chi connectivity index (χ4n) is 0.936. The molecule has 0 atom stereocenters. The van der Waals surface area contributed by atoms with Crippen molar-refractivity contribution in [1.29, 1.82) is 0 Å². The molecule has 1 aromatic carbocycles. The second-order valence-corrected chi connectivity index (χ2v) is 3.25. The summed E-state index contributed by atoms with van der Waals surface area (Å²) < 4.78 is 5.43. The summed E-state index contributed by atoms with van der Waals surface area (Å²) in [6.45, 7) is 1.27. The summed E-state index contributed by atoms with van der Waals surface area (Å²) in [6, 6.07) is 7.32. The Morgan fingerprint density at radius 2 is 2.36 bits per heavy atom. The highest BCUT2D eigenvalue weighted by atomic mass is 35.5. The number of hydrogen-bond donors (Lipinski definition) is 0. The van der Waals surface area contributed by atoms with Gasteiger partial charge in [0.1, 0.15) is 5.75 Å². The molecule has 1 rings (SSSR count). The van der Waals surface area contributed by atoms with Gasteiger partial charge in [0, 0.05) is 11.4 Å². The van der Waals surface area contributed by atoms with Gasteiger partial charge in [-0.25, -0.2) is 4.99 Å². The van der Waals surface area contributed by atoms with E-state index in [0.717, 1.165) is 12.2 Å². The van der Waals surface area contributed by atoms with Crippen LogP contribution in [-0.4, -0.2) is 18.3 Å². The predicted octanol–water partition coefficient (Wildman–Crippen LogP) is 3.21. The quantitative estimate of drug-likeness (QED) is 0.438. The van der Waals surface area contributed by atoms with E-state index in [1.54, 1.807) is 6.07 Å². The van der Waals surface area contributed by atoms with Crippen LogP contribution in [-0.2, 0) is 0 Å². The lowest BCUT2D eigenvalue weighted by Gasteiger charge is -2.04. The van der Waals surface area contributed by atoms with Crippen LogP contribution in [0.1, 0.15) is 6.42 Å². The number of aliphatic imine (C=N–C) groups is 1. The number of benzene rings is 1. The number of nitrogens with zero attached hydrogens (tertiary/aromatic N) is 1. The molecule has 0 amide bonds. The van der Waals surface area contributed by atoms with E-state index in [2.05, 4.69) is 22.4 Å². The molecule has 14 heavy (non-hydrogen) atoms. The lowest BCUT2D eigenvalue weighted by molar-refractivity contribution is 0.313. The summed E-state index contributed by atoms with van der Waals surface area (Å²) in [5.74, 6) is 0.781. The summed E-state index contributed by atoms with van der Waals surface area (Å²) >= 11 is 10.2. The third-order valence-corrected chi connectivity index (χ3v) is 1.91. The van der Waals surface area contributed by atoms with Gasteiger partial charge in [-0.05, 0) is 30.4 Å². The van der Waals surface area contributed by atoms with Crippen molar-refractivity contribution >= 4 is 29.0 Å². The van der Waals surface area contributed by atoms with Crippen molar-refractivity contribution in [3.8, 4) is 5.75 Å². The van der Waals surface area contributed by atoms with Gasteiger partial charge in [0.25, 0.3) is 0 Å². The molecule has 2 nitrogen and oxygen atoms in total. The lowest BCUT2D eigenvalue weighted by Crippen LogP contribution is -1.98. The van der Waals surface area contributed by atoms with Crippen molar-refractivity contribution in [2.24, 2.45) is 4.99 Å². The Bertz CT molecular complexity index is 337. The van der Waals surface area contributed by atoms with Crippen LogP contribution in [0, 0.1) is 0 Å². The van der Waals surface area contributed by atoms with Crippen LogP contribution < -0.4 is 4.74 Å². The molecule has 0 aliphatic heterocycles. The molecule has 0 aliphatic rings. The molecule has 0 unspecified atom stereocenters. The Labute approximate surface area is 93.6 Å². The Balaban J connectivity index is 2.27. The highest BCUT2D eigenvalue weighted by molar-refractivity contribution is 7.78. The van der Waals surface area contributed by atoms with E-state index in [4.69, 9.17) is 16.3 Å². The number of rotatable bonds is 5. The first-order valence-electron chi connectivity index (χ1n) is 4.25. The maximum absolute atomic E-state index is 5.79. The number of ether oxygens (including phenoxy) is 1. The van der Waals surface area contributed by atoms with Crippen LogP contribution in [0.2, 0.25) is 5.02 Å². The molecule has 74 valence electrons. The summed E-state index contributed by atoms with van der Waals surface area (Å²) in [4.78, 5) is 3.78. The monoisotopic (exact) mass is 227 g/mol. The summed E-state index contributed by atoms with van der Waals surface area (Å²) in [5.41, 5.74) is 0. The predicted molar refractivity (Wildman–Crippen MR) is 61.5 cm³/mol. The molecule has 0 aliphatic carbocycles. The normalized spacial score (nSPS) is 9.21. The standard InChI is InChI=1S/C10H10ClNOS/c11-9-3-1-4-10(7-9)13-6-2-5-12-8-14/h1,3-4,7H,2,5-6H2. The van der Waals surface area contributed by atoms with Crippen LogP contribution in [0.4, 0.5) is 0 Å². The number of isothiocyanates is 1. The fraction of sp³-hybridized carbons (Fsp3) is 0.300. The van der Waals surface area contributed by atoms with E-state index in [1.807, 2.05) is 18.2 Å². The van der Waals surface area contributed by atoms with Gasteiger partial charge < -0.3 is 4.74 Å². The number of hydrogen-bond acceptors (Lipinski definition) is 3. The average Bonchev–Trinajstić information content (AvgIpc) is 2.18. The Kier molecular flexibility index (Phi) is 5.23. The van der Waals surface area contributed by atoms with Crippen molar-refractivity contribution in [3.05, 3.63) is 29.3 Å². The number of thiocarbonyl (C=S) groups is 1. The van der Waals surface area contributed by atoms with Crippen molar-refractivity contribution < 1.29 is 4.74 Å². The molecule has 4 heteroatoms. The molecule has 0 radical (unpaired) electrons. The molecule has 0 spiro atoms. The highest BCUT2D eigenvalue weighted by Crippen LogP contribution is 2.16. The van der Waals surface area contributed by atoms with Gasteiger partial charge in [0.2, 0.25) is 0 Å². The van der Waals surface area contributed by atoms with Crippen LogP contribution in [0.3, 0.4) is 0 Å². The SMILES string of the molecule is S=C=NCCCOc1cccc(Cl)c1. The van der Waals surface area contributed by atoms with E-state index < -0.39 is 0 Å². The van der Waals surface area contributed by atoms with E-state index >= 15 is 0 Å². The molecular formula is C10H10ClNOS. The van der Waals surface area contributed by atoms with Gasteiger partial charge in [0.15, 0.2) is 0 Å². The van der Waals surface area contributed by atoms with Crippen molar-refractivity contribution in [3.63, 3.8) is 0 Å². The molecule has 0 saturated carbocycles. The molecule has 0 aromatic heterocycles. The largest absolute Gasteiger partial charge is 0.493 e. The molecule has 0 saturated heterocycles. The van der Waals surface area contributed by atoms with E-state index in [1.165, 1.54) is 0 Å². The van der Waals surface area contributed by atoms with E-state index in [0.29, 0.717) is 18.2 Å². The zero-order valence-corrected chi connectivity index (χ0v) is 9.14. The highest BCUT2D eigenvalue weighted by Gasteiger charge is 1.93. The third-order valence-electron chi connectivity index (χ3n) is 1.54. The minimum Gasteiger partial charge on any atom is -0.493 e. The van der Waals surface area contributed by atoms with Gasteiger partial charge in [-0.15, -0.1) is 0 Å². The Morgan fingerprint density at radius 3 is 3.07 bits per heavy atom. The van der Waals surface area contributed by atoms with Gasteiger partial charge in [-0.2, -0.15) is 0 Å². The molecular weight excluding hydrogens is 218 g/mol. The first kappa shape index (κ1) is 11.2. The first-order valence-corrected chi connectivity index (χ1v) is 5.03. The second-order valence-electron chi connectivity index (χ2n) is 2.63. The van der Waals surface area contributed by atoms with Crippen LogP contribution >= 0.6 is 23.8 Å². The van der Waals surface area contributed by atoms with Crippen LogP contribution in [0.25, 0.3) is 0 Å². The van der Waals surface area contributed by atoms with E-state index in [9.17, 15) is 0 Å². The van der Waals surface area contributed by atoms with Crippen molar-refractivity contribution in [2.45, 2.75) is 6.42 Å². The minimum atomic E-state index is 0.612. The summed E-state index contributed by atoms with van der Waals surface area (Å²) in [6.07, 6.45) is 0.830. The minimum absolute atomic E-state index is 0.612. The van der Waals surface area contributed by atoms with Crippen LogP contribution in [0.5, 0.6) is 5.75 Å². The maximum Gasteiger partial charge on any atom is 0.120 e. The molecule has 1 aromatic rings. The zero-order valence-electron chi connectivity index (χ0n) is 7.57. The van der Waals surface area contributed by atoms with E-state index in [-0.39, 0.29) is 0 Å². The summed E-state index contributed by atoms with van der Waals surface area (Å²) in [5, 5.41) is 2.99. The molecule has 0 bridgehead atoms. The van der Waals surface area contributed by atoms with Crippen molar-refractivity contribution in [1.82, 2.24) is 0 Å². The second kappa shape index (κ2) is 6.55. The fourth-order valence-corrected chi connectivity index (χ4v) is 1.21. The maximum atomic E-state index is 5.79. The summed E-state index contributed by atoms with van der Waals surface area (Å²) in [7, 11) is 0. The van der Waals surface area contributed by atoms with Gasteiger partial charge in [-0.1, -0.05) is 17.7 Å². The average molecular weight is 228 g/mol. The molecule has 0 fully saturated rings. The smallest absolute Gasteiger partial charge is 0.120 e. The van der Waals surface area contributed by atoms with Gasteiger partial charge in [-0.3, -0.25) is 0 Å². The Hall–Kier alpha value is -0.890. The van der Waals surface area contributed by atoms with Crippen molar-refractivity contribution in [2.75, 3.05) is 13.2 Å².